The van der Waals surface area contributed by atoms with Crippen molar-refractivity contribution in [2.24, 2.45) is 0 Å². The van der Waals surface area contributed by atoms with Crippen LogP contribution in [0.2, 0.25) is 0 Å². The first-order valence-electron chi connectivity index (χ1n) is 6.16. The fourth-order valence-corrected chi connectivity index (χ4v) is 2.09. The summed E-state index contributed by atoms with van der Waals surface area (Å²) in [7, 11) is 0. The molecule has 0 fully saturated rings. The predicted octanol–water partition coefficient (Wildman–Crippen LogP) is 2.57. The quantitative estimate of drug-likeness (QED) is 0.795. The van der Waals surface area contributed by atoms with Crippen molar-refractivity contribution in [3.63, 3.8) is 0 Å². The summed E-state index contributed by atoms with van der Waals surface area (Å²) in [6, 6.07) is 15.6. The van der Waals surface area contributed by atoms with Gasteiger partial charge >= 0.3 is 0 Å². The van der Waals surface area contributed by atoms with E-state index in [-0.39, 0.29) is 12.4 Å². The fourth-order valence-electron chi connectivity index (χ4n) is 2.09. The zero-order valence-corrected chi connectivity index (χ0v) is 10.6. The molecule has 0 aliphatic carbocycles. The van der Waals surface area contributed by atoms with E-state index in [2.05, 4.69) is 10.3 Å². The Hall–Kier alpha value is -2.53. The topological polar surface area (TPSA) is 50.9 Å². The molecule has 3 rings (SSSR count). The third-order valence-electron chi connectivity index (χ3n) is 2.99. The van der Waals surface area contributed by atoms with Crippen LogP contribution in [0, 0.1) is 5.82 Å². The van der Waals surface area contributed by atoms with Crippen LogP contribution in [0.1, 0.15) is 5.69 Å². The van der Waals surface area contributed by atoms with Crippen LogP contribution in [0.5, 0.6) is 0 Å². The molecular formula is C15H12FN3O. The smallest absolute Gasteiger partial charge is 0.123 e. The number of para-hydroxylation sites is 1. The molecule has 5 heteroatoms. The van der Waals surface area contributed by atoms with Crippen molar-refractivity contribution in [3.8, 4) is 16.9 Å². The largest absolute Gasteiger partial charge is 0.390 e. The van der Waals surface area contributed by atoms with Crippen LogP contribution in [-0.4, -0.2) is 20.1 Å². The second kappa shape index (κ2) is 5.22. The minimum Gasteiger partial charge on any atom is -0.390 e. The van der Waals surface area contributed by atoms with E-state index in [1.54, 1.807) is 16.8 Å². The molecule has 0 unspecified atom stereocenters. The second-order valence-electron chi connectivity index (χ2n) is 4.30. The number of hydrogen-bond donors (Lipinski definition) is 1. The van der Waals surface area contributed by atoms with Crippen molar-refractivity contribution in [2.45, 2.75) is 6.61 Å². The van der Waals surface area contributed by atoms with Crippen molar-refractivity contribution >= 4 is 0 Å². The Morgan fingerprint density at radius 2 is 1.85 bits per heavy atom. The summed E-state index contributed by atoms with van der Waals surface area (Å²) in [4.78, 5) is 0. The summed E-state index contributed by atoms with van der Waals surface area (Å²) in [6.45, 7) is -0.251. The molecule has 0 radical (unpaired) electrons. The molecule has 1 aromatic heterocycles. The predicted molar refractivity (Wildman–Crippen MR) is 72.7 cm³/mol. The van der Waals surface area contributed by atoms with Crippen LogP contribution in [0.25, 0.3) is 16.9 Å². The lowest BCUT2D eigenvalue weighted by Crippen LogP contribution is -2.00. The highest BCUT2D eigenvalue weighted by atomic mass is 19.1. The molecule has 0 bridgehead atoms. The van der Waals surface area contributed by atoms with Gasteiger partial charge in [-0.3, -0.25) is 0 Å². The highest BCUT2D eigenvalue weighted by Crippen LogP contribution is 2.25. The molecule has 3 aromatic rings. The summed E-state index contributed by atoms with van der Waals surface area (Å²) in [6.07, 6.45) is 0. The maximum Gasteiger partial charge on any atom is 0.123 e. The Bertz CT molecular complexity index is 725. The Labute approximate surface area is 115 Å². The molecule has 1 N–H and O–H groups in total. The van der Waals surface area contributed by atoms with E-state index in [1.165, 1.54) is 12.1 Å². The normalized spacial score (nSPS) is 10.7. The zero-order valence-electron chi connectivity index (χ0n) is 10.6. The first kappa shape index (κ1) is 12.5. The van der Waals surface area contributed by atoms with Gasteiger partial charge in [0, 0.05) is 5.56 Å². The Morgan fingerprint density at radius 1 is 1.05 bits per heavy atom. The molecular weight excluding hydrogens is 257 g/mol. The Balaban J connectivity index is 2.21. The number of rotatable bonds is 3. The van der Waals surface area contributed by atoms with Gasteiger partial charge in [-0.2, -0.15) is 0 Å². The fraction of sp³-hybridized carbons (Fsp3) is 0.0667. The summed E-state index contributed by atoms with van der Waals surface area (Å²) >= 11 is 0. The van der Waals surface area contributed by atoms with Crippen LogP contribution in [0.3, 0.4) is 0 Å². The van der Waals surface area contributed by atoms with Gasteiger partial charge in [-0.15, -0.1) is 5.10 Å². The minimum absolute atomic E-state index is 0.251. The lowest BCUT2D eigenvalue weighted by molar-refractivity contribution is 0.277. The molecule has 0 atom stereocenters. The minimum atomic E-state index is -0.341. The molecule has 0 saturated carbocycles. The van der Waals surface area contributed by atoms with Crippen LogP contribution in [-0.2, 0) is 6.61 Å². The van der Waals surface area contributed by atoms with E-state index in [4.69, 9.17) is 0 Å². The SMILES string of the molecule is OCc1nnn(-c2ccccc2)c1-c1cccc(F)c1. The molecule has 0 aliphatic heterocycles. The van der Waals surface area contributed by atoms with Gasteiger partial charge < -0.3 is 5.11 Å². The van der Waals surface area contributed by atoms with Crippen molar-refractivity contribution in [1.82, 2.24) is 15.0 Å². The van der Waals surface area contributed by atoms with Gasteiger partial charge in [0.05, 0.1) is 12.3 Å². The lowest BCUT2D eigenvalue weighted by Gasteiger charge is -2.07. The molecule has 100 valence electrons. The van der Waals surface area contributed by atoms with Gasteiger partial charge in [0.25, 0.3) is 0 Å². The van der Waals surface area contributed by atoms with E-state index in [0.29, 0.717) is 17.0 Å². The lowest BCUT2D eigenvalue weighted by atomic mass is 10.1. The van der Waals surface area contributed by atoms with Gasteiger partial charge in [-0.25, -0.2) is 9.07 Å². The number of benzene rings is 2. The number of hydrogen-bond acceptors (Lipinski definition) is 3. The first-order valence-corrected chi connectivity index (χ1v) is 6.16. The van der Waals surface area contributed by atoms with Gasteiger partial charge in [0.1, 0.15) is 17.2 Å². The molecule has 2 aromatic carbocycles. The van der Waals surface area contributed by atoms with E-state index < -0.39 is 0 Å². The molecule has 1 heterocycles. The molecule has 0 spiro atoms. The summed E-state index contributed by atoms with van der Waals surface area (Å²) in [5.74, 6) is -0.341. The standard InChI is InChI=1S/C15H12FN3O/c16-12-6-4-5-11(9-12)15-14(10-20)17-18-19(15)13-7-2-1-3-8-13/h1-9,20H,10H2. The number of aliphatic hydroxyl groups excluding tert-OH is 1. The van der Waals surface area contributed by atoms with E-state index in [1.807, 2.05) is 30.3 Å². The second-order valence-corrected chi connectivity index (χ2v) is 4.30. The summed E-state index contributed by atoms with van der Waals surface area (Å²) < 4.78 is 15.0. The highest BCUT2D eigenvalue weighted by molar-refractivity contribution is 5.64. The van der Waals surface area contributed by atoms with Gasteiger partial charge in [-0.05, 0) is 24.3 Å². The van der Waals surface area contributed by atoms with E-state index in [0.717, 1.165) is 5.69 Å². The average Bonchev–Trinajstić information content (AvgIpc) is 2.92. The van der Waals surface area contributed by atoms with Gasteiger partial charge in [0.15, 0.2) is 0 Å². The maximum absolute atomic E-state index is 13.4. The molecule has 0 saturated heterocycles. The van der Waals surface area contributed by atoms with Crippen LogP contribution in [0.15, 0.2) is 54.6 Å². The Morgan fingerprint density at radius 3 is 2.55 bits per heavy atom. The number of aromatic nitrogens is 3. The third kappa shape index (κ3) is 2.19. The van der Waals surface area contributed by atoms with Gasteiger partial charge in [-0.1, -0.05) is 35.5 Å². The molecule has 0 amide bonds. The van der Waals surface area contributed by atoms with Crippen LogP contribution >= 0.6 is 0 Å². The Kier molecular flexibility index (Phi) is 3.26. The van der Waals surface area contributed by atoms with E-state index >= 15 is 0 Å². The van der Waals surface area contributed by atoms with E-state index in [9.17, 15) is 9.50 Å². The third-order valence-corrected chi connectivity index (χ3v) is 2.99. The van der Waals surface area contributed by atoms with Crippen molar-refractivity contribution in [2.75, 3.05) is 0 Å². The van der Waals surface area contributed by atoms with Gasteiger partial charge in [0.2, 0.25) is 0 Å². The molecule has 0 aliphatic rings. The summed E-state index contributed by atoms with van der Waals surface area (Å²) in [5, 5.41) is 17.4. The molecule has 4 nitrogen and oxygen atoms in total. The van der Waals surface area contributed by atoms with Crippen LogP contribution in [0.4, 0.5) is 4.39 Å². The molecule has 20 heavy (non-hydrogen) atoms. The van der Waals surface area contributed by atoms with Crippen molar-refractivity contribution < 1.29 is 9.50 Å². The maximum atomic E-state index is 13.4. The number of aliphatic hydroxyl groups is 1. The summed E-state index contributed by atoms with van der Waals surface area (Å²) in [5.41, 5.74) is 2.44. The first-order chi connectivity index (χ1) is 9.79. The van der Waals surface area contributed by atoms with Crippen LogP contribution < -0.4 is 0 Å². The zero-order chi connectivity index (χ0) is 13.9. The average molecular weight is 269 g/mol. The monoisotopic (exact) mass is 269 g/mol. The van der Waals surface area contributed by atoms with Crippen molar-refractivity contribution in [1.29, 1.82) is 0 Å². The number of halogens is 1. The van der Waals surface area contributed by atoms with Crippen molar-refractivity contribution in [3.05, 3.63) is 66.1 Å². The highest BCUT2D eigenvalue weighted by Gasteiger charge is 2.15. The number of nitrogens with zero attached hydrogens (tertiary/aromatic N) is 3.